The van der Waals surface area contributed by atoms with Gasteiger partial charge in [0, 0.05) is 10.4 Å². The topological polar surface area (TPSA) is 33.1 Å². The molecule has 3 rings (SSSR count). The minimum atomic E-state index is -0.929. The maximum Gasteiger partial charge on any atom is 0.0837 e. The van der Waals surface area contributed by atoms with Crippen molar-refractivity contribution in [2.75, 3.05) is 5.75 Å². The van der Waals surface area contributed by atoms with Crippen LogP contribution < -0.4 is 0 Å². The highest BCUT2D eigenvalue weighted by atomic mass is 35.5. The average Bonchev–Trinajstić information content (AvgIpc) is 2.93. The molecule has 0 saturated heterocycles. The molecule has 0 aliphatic carbocycles. The zero-order chi connectivity index (χ0) is 29.8. The predicted molar refractivity (Wildman–Crippen MR) is 181 cm³/mol. The minimum absolute atomic E-state index is 0.691. The second kappa shape index (κ2) is 20.3. The smallest absolute Gasteiger partial charge is 0.0837 e. The first-order valence-electron chi connectivity index (χ1n) is 13.9. The highest BCUT2D eigenvalue weighted by molar-refractivity contribution is 7.80. The van der Waals surface area contributed by atoms with E-state index >= 15 is 0 Å². The molecule has 1 N–H and O–H groups in total. The number of thiol groups is 1. The molecule has 3 aromatic rings. The number of rotatable bonds is 9. The van der Waals surface area contributed by atoms with Gasteiger partial charge in [-0.15, -0.1) is 0 Å². The SMILES string of the molecule is C=C/C=C(/CCCc1cccc(/C=C/c2ccc3ccc(Cl)cc3n2)c1)C(=C)C(C)(C)O.CC.CC.CCS. The molecule has 212 valence electrons. The van der Waals surface area contributed by atoms with E-state index in [2.05, 4.69) is 67.2 Å². The third kappa shape index (κ3) is 13.9. The lowest BCUT2D eigenvalue weighted by Crippen LogP contribution is -2.22. The summed E-state index contributed by atoms with van der Waals surface area (Å²) in [4.78, 5) is 4.68. The van der Waals surface area contributed by atoms with Gasteiger partial charge in [0.25, 0.3) is 0 Å². The lowest BCUT2D eigenvalue weighted by atomic mass is 9.89. The Morgan fingerprint density at radius 3 is 2.28 bits per heavy atom. The number of allylic oxidation sites excluding steroid dienone is 2. The molecular formula is C35H48ClNOS. The maximum atomic E-state index is 10.3. The van der Waals surface area contributed by atoms with Gasteiger partial charge in [-0.25, -0.2) is 4.98 Å². The van der Waals surface area contributed by atoms with Gasteiger partial charge in [0.05, 0.1) is 16.8 Å². The van der Waals surface area contributed by atoms with Gasteiger partial charge in [-0.1, -0.05) is 114 Å². The number of aryl methyl sites for hydroxylation is 1. The normalized spacial score (nSPS) is 11.0. The lowest BCUT2D eigenvalue weighted by Gasteiger charge is -2.23. The van der Waals surface area contributed by atoms with Crippen molar-refractivity contribution in [2.24, 2.45) is 0 Å². The van der Waals surface area contributed by atoms with Gasteiger partial charge in [-0.3, -0.25) is 0 Å². The average molecular weight is 566 g/mol. The van der Waals surface area contributed by atoms with Crippen LogP contribution in [0.1, 0.15) is 78.1 Å². The van der Waals surface area contributed by atoms with E-state index in [0.29, 0.717) is 5.02 Å². The third-order valence-corrected chi connectivity index (χ3v) is 5.67. The van der Waals surface area contributed by atoms with Crippen LogP contribution in [0.5, 0.6) is 0 Å². The Kier molecular flexibility index (Phi) is 19.0. The Hall–Kier alpha value is -2.59. The summed E-state index contributed by atoms with van der Waals surface area (Å²) in [6.07, 6.45) is 10.6. The van der Waals surface area contributed by atoms with E-state index in [0.717, 1.165) is 58.3 Å². The van der Waals surface area contributed by atoms with E-state index in [1.165, 1.54) is 5.56 Å². The largest absolute Gasteiger partial charge is 0.386 e. The molecule has 0 amide bonds. The maximum absolute atomic E-state index is 10.3. The van der Waals surface area contributed by atoms with Crippen LogP contribution >= 0.6 is 24.2 Å². The predicted octanol–water partition coefficient (Wildman–Crippen LogP) is 10.8. The molecule has 0 aliphatic heterocycles. The van der Waals surface area contributed by atoms with Gasteiger partial charge in [-0.2, -0.15) is 12.6 Å². The Morgan fingerprint density at radius 1 is 1.03 bits per heavy atom. The standard InChI is InChI=1S/C29H30ClNO.C2H6S.2C2H6/c1-5-8-24(21(2)29(3,4)32)12-7-11-22-9-6-10-23(19-22)13-17-27-18-15-25-14-16-26(30)20-28(25)31-27;1-2-3;2*1-2/h5-6,8-10,13-20,32H,1-2,7,11-12H2,3-4H3;3H,2H2,1H3;2*1-2H3/b17-13+,24-8-;;;. The van der Waals surface area contributed by atoms with Gasteiger partial charge < -0.3 is 5.11 Å². The number of hydrogen-bond acceptors (Lipinski definition) is 3. The molecule has 39 heavy (non-hydrogen) atoms. The van der Waals surface area contributed by atoms with Crippen molar-refractivity contribution in [1.82, 2.24) is 4.98 Å². The van der Waals surface area contributed by atoms with Crippen LogP contribution in [0.25, 0.3) is 23.1 Å². The Balaban J connectivity index is 0.00000189. The fraction of sp³-hybridized carbons (Fsp3) is 0.343. The Bertz CT molecular complexity index is 1200. The number of hydrogen-bond donors (Lipinski definition) is 2. The molecular weight excluding hydrogens is 518 g/mol. The fourth-order valence-electron chi connectivity index (χ4n) is 3.59. The van der Waals surface area contributed by atoms with Crippen LogP contribution in [0.3, 0.4) is 0 Å². The zero-order valence-electron chi connectivity index (χ0n) is 25.0. The quantitative estimate of drug-likeness (QED) is 0.200. The molecule has 0 fully saturated rings. The van der Waals surface area contributed by atoms with Gasteiger partial charge in [0.1, 0.15) is 0 Å². The van der Waals surface area contributed by atoms with Crippen LogP contribution in [0.4, 0.5) is 0 Å². The lowest BCUT2D eigenvalue weighted by molar-refractivity contribution is 0.122. The molecule has 0 bridgehead atoms. The first-order valence-corrected chi connectivity index (χ1v) is 14.9. The van der Waals surface area contributed by atoms with Crippen molar-refractivity contribution in [3.8, 4) is 0 Å². The van der Waals surface area contributed by atoms with Crippen LogP contribution in [-0.4, -0.2) is 21.4 Å². The summed E-state index contributed by atoms with van der Waals surface area (Å²) in [5, 5.41) is 12.0. The number of pyridine rings is 1. The van der Waals surface area contributed by atoms with E-state index in [1.807, 2.05) is 71.0 Å². The number of benzene rings is 2. The molecule has 0 atom stereocenters. The van der Waals surface area contributed by atoms with Crippen LogP contribution in [-0.2, 0) is 6.42 Å². The molecule has 0 radical (unpaired) electrons. The molecule has 0 aliphatic rings. The monoisotopic (exact) mass is 565 g/mol. The molecule has 0 unspecified atom stereocenters. The van der Waals surface area contributed by atoms with Gasteiger partial charge >= 0.3 is 0 Å². The van der Waals surface area contributed by atoms with E-state index in [9.17, 15) is 5.11 Å². The van der Waals surface area contributed by atoms with Gasteiger partial charge in [-0.05, 0) is 85.4 Å². The Labute approximate surface area is 248 Å². The minimum Gasteiger partial charge on any atom is -0.386 e. The number of halogens is 1. The second-order valence-electron chi connectivity index (χ2n) is 8.79. The molecule has 2 aromatic carbocycles. The highest BCUT2D eigenvalue weighted by Crippen LogP contribution is 2.26. The van der Waals surface area contributed by atoms with Crippen molar-refractivity contribution < 1.29 is 5.11 Å². The summed E-state index contributed by atoms with van der Waals surface area (Å²) >= 11 is 9.88. The Morgan fingerprint density at radius 2 is 1.67 bits per heavy atom. The summed E-state index contributed by atoms with van der Waals surface area (Å²) in [5.74, 6) is 0.944. The van der Waals surface area contributed by atoms with Crippen molar-refractivity contribution >= 4 is 47.3 Å². The van der Waals surface area contributed by atoms with Crippen LogP contribution in [0, 0.1) is 0 Å². The number of fused-ring (bicyclic) bond motifs is 1. The number of aliphatic hydroxyl groups is 1. The zero-order valence-corrected chi connectivity index (χ0v) is 26.6. The van der Waals surface area contributed by atoms with E-state index in [-0.39, 0.29) is 0 Å². The summed E-state index contributed by atoms with van der Waals surface area (Å²) in [7, 11) is 0. The van der Waals surface area contributed by atoms with Crippen LogP contribution in [0.15, 0.2) is 91.1 Å². The van der Waals surface area contributed by atoms with E-state index in [1.54, 1.807) is 19.9 Å². The summed E-state index contributed by atoms with van der Waals surface area (Å²) in [6, 6.07) is 18.3. The van der Waals surface area contributed by atoms with Crippen molar-refractivity contribution in [1.29, 1.82) is 0 Å². The second-order valence-corrected chi connectivity index (χ2v) is 9.86. The van der Waals surface area contributed by atoms with E-state index < -0.39 is 5.60 Å². The number of nitrogens with zero attached hydrogens (tertiary/aromatic N) is 1. The molecule has 1 heterocycles. The molecule has 0 spiro atoms. The summed E-state index contributed by atoms with van der Waals surface area (Å²) < 4.78 is 0. The molecule has 4 heteroatoms. The summed E-state index contributed by atoms with van der Waals surface area (Å²) in [6.45, 7) is 21.4. The first kappa shape index (κ1) is 36.4. The highest BCUT2D eigenvalue weighted by Gasteiger charge is 2.20. The summed E-state index contributed by atoms with van der Waals surface area (Å²) in [5.41, 5.74) is 5.07. The number of aromatic nitrogens is 1. The van der Waals surface area contributed by atoms with E-state index in [4.69, 9.17) is 11.6 Å². The van der Waals surface area contributed by atoms with Crippen molar-refractivity contribution in [2.45, 2.75) is 73.3 Å². The molecule has 0 saturated carbocycles. The van der Waals surface area contributed by atoms with Crippen molar-refractivity contribution in [3.05, 3.63) is 113 Å². The van der Waals surface area contributed by atoms with Crippen molar-refractivity contribution in [3.63, 3.8) is 0 Å². The first-order chi connectivity index (χ1) is 18.7. The third-order valence-electron chi connectivity index (χ3n) is 5.43. The fourth-order valence-corrected chi connectivity index (χ4v) is 3.75. The van der Waals surface area contributed by atoms with Gasteiger partial charge in [0.15, 0.2) is 0 Å². The van der Waals surface area contributed by atoms with Crippen LogP contribution in [0.2, 0.25) is 5.02 Å². The molecule has 1 aromatic heterocycles. The van der Waals surface area contributed by atoms with Gasteiger partial charge in [0.2, 0.25) is 0 Å². The molecule has 2 nitrogen and oxygen atoms in total.